The van der Waals surface area contributed by atoms with Crippen LogP contribution < -0.4 is 10.5 Å². The zero-order valence-electron chi connectivity index (χ0n) is 3.60. The topological polar surface area (TPSA) is 83.0 Å². The van der Waals surface area contributed by atoms with Crippen LogP contribution in [0.25, 0.3) is 0 Å². The summed E-state index contributed by atoms with van der Waals surface area (Å²) in [5, 5.41) is 23.5. The highest BCUT2D eigenvalue weighted by atomic mass is 17.5. The fourth-order valence-corrected chi connectivity index (χ4v) is 0.0907. The molecule has 0 aliphatic heterocycles. The minimum atomic E-state index is 0.685. The summed E-state index contributed by atoms with van der Waals surface area (Å²) in [4.78, 5) is 7.11. The molecule has 0 aromatic rings. The Labute approximate surface area is 44.2 Å². The SMILES string of the molecule is [O-]OO/C=C/OO[O-]. The molecule has 0 saturated heterocycles. The summed E-state index contributed by atoms with van der Waals surface area (Å²) in [6.07, 6.45) is 1.37. The highest BCUT2D eigenvalue weighted by molar-refractivity contribution is 4.54. The molecule has 0 amide bonds. The Balaban J connectivity index is 2.83. The van der Waals surface area contributed by atoms with E-state index in [1.165, 1.54) is 0 Å². The van der Waals surface area contributed by atoms with Crippen molar-refractivity contribution in [1.82, 2.24) is 0 Å². The van der Waals surface area contributed by atoms with Gasteiger partial charge in [-0.15, -0.1) is 0 Å². The molecule has 0 aliphatic rings. The van der Waals surface area contributed by atoms with Gasteiger partial charge in [0.2, 0.25) is 0 Å². The summed E-state index contributed by atoms with van der Waals surface area (Å²) < 4.78 is 0. The Morgan fingerprint density at radius 1 is 0.875 bits per heavy atom. The smallest absolute Gasteiger partial charge is 0.167 e. The van der Waals surface area contributed by atoms with Crippen LogP contribution in [0.4, 0.5) is 0 Å². The highest BCUT2D eigenvalue weighted by Gasteiger charge is 1.64. The van der Waals surface area contributed by atoms with Gasteiger partial charge in [0.15, 0.2) is 12.5 Å². The summed E-state index contributed by atoms with van der Waals surface area (Å²) >= 11 is 0. The van der Waals surface area contributed by atoms with E-state index in [1.54, 1.807) is 0 Å². The molecule has 0 bridgehead atoms. The maximum absolute atomic E-state index is 8.95. The molecule has 8 heavy (non-hydrogen) atoms. The molecule has 0 atom stereocenters. The summed E-state index contributed by atoms with van der Waals surface area (Å²) in [6, 6.07) is 0. The van der Waals surface area contributed by atoms with E-state index in [2.05, 4.69) is 19.9 Å². The van der Waals surface area contributed by atoms with Gasteiger partial charge >= 0.3 is 0 Å². The van der Waals surface area contributed by atoms with Gasteiger partial charge in [0, 0.05) is 0 Å². The first-order valence-corrected chi connectivity index (χ1v) is 1.47. The van der Waals surface area contributed by atoms with Crippen LogP contribution in [-0.2, 0) is 19.9 Å². The molecule has 0 aliphatic carbocycles. The first-order chi connectivity index (χ1) is 3.91. The lowest BCUT2D eigenvalue weighted by atomic mass is 11.1. The van der Waals surface area contributed by atoms with Crippen molar-refractivity contribution < 1.29 is 30.4 Å². The van der Waals surface area contributed by atoms with Gasteiger partial charge in [0.05, 0.1) is 0 Å². The molecule has 0 saturated carbocycles. The second-order valence-electron chi connectivity index (χ2n) is 0.601. The first kappa shape index (κ1) is 7.18. The number of rotatable bonds is 4. The largest absolute Gasteiger partial charge is 0.682 e. The lowest BCUT2D eigenvalue weighted by molar-refractivity contribution is -0.795. The number of hydrogen-bond acceptors (Lipinski definition) is 6. The molecule has 6 nitrogen and oxygen atoms in total. The Morgan fingerprint density at radius 2 is 1.25 bits per heavy atom. The van der Waals surface area contributed by atoms with Crippen molar-refractivity contribution in [3.05, 3.63) is 12.5 Å². The van der Waals surface area contributed by atoms with Crippen molar-refractivity contribution in [3.63, 3.8) is 0 Å². The summed E-state index contributed by atoms with van der Waals surface area (Å²) in [5.74, 6) is 0. The minimum absolute atomic E-state index is 0.685. The normalized spacial score (nSPS) is 9.75. The molecule has 0 rings (SSSR count). The Morgan fingerprint density at radius 3 is 1.50 bits per heavy atom. The van der Waals surface area contributed by atoms with Gasteiger partial charge in [0.1, 0.15) is 0 Å². The zero-order valence-corrected chi connectivity index (χ0v) is 3.60. The molecule has 48 valence electrons. The first-order valence-electron chi connectivity index (χ1n) is 1.47. The average Bonchev–Trinajstić information content (AvgIpc) is 1.81. The van der Waals surface area contributed by atoms with E-state index in [4.69, 9.17) is 10.5 Å². The van der Waals surface area contributed by atoms with Gasteiger partial charge in [-0.2, -0.15) is 0 Å². The monoisotopic (exact) mass is 122 g/mol. The third kappa shape index (κ3) is 5.18. The molecular weight excluding hydrogens is 120 g/mol. The molecule has 6 heteroatoms. The summed E-state index contributed by atoms with van der Waals surface area (Å²) in [5.41, 5.74) is 0. The van der Waals surface area contributed by atoms with Gasteiger partial charge < -0.3 is 20.3 Å². The molecule has 0 unspecified atom stereocenters. The Hall–Kier alpha value is -0.820. The number of hydrogen-bond donors (Lipinski definition) is 0. The van der Waals surface area contributed by atoms with E-state index in [-0.39, 0.29) is 0 Å². The fraction of sp³-hybridized carbons (Fsp3) is 0. The summed E-state index contributed by atoms with van der Waals surface area (Å²) in [7, 11) is 0. The van der Waals surface area contributed by atoms with Crippen molar-refractivity contribution >= 4 is 0 Å². The van der Waals surface area contributed by atoms with Gasteiger partial charge in [0.25, 0.3) is 0 Å². The van der Waals surface area contributed by atoms with E-state index in [0.717, 1.165) is 0 Å². The van der Waals surface area contributed by atoms with Crippen LogP contribution in [0.3, 0.4) is 0 Å². The lowest BCUT2D eigenvalue weighted by Gasteiger charge is -2.01. The van der Waals surface area contributed by atoms with Crippen molar-refractivity contribution in [2.45, 2.75) is 0 Å². The van der Waals surface area contributed by atoms with Gasteiger partial charge in [-0.05, 0) is 0 Å². The van der Waals surface area contributed by atoms with Crippen LogP contribution in [0.1, 0.15) is 0 Å². The van der Waals surface area contributed by atoms with E-state index < -0.39 is 0 Å². The molecule has 0 heterocycles. The van der Waals surface area contributed by atoms with E-state index in [0.29, 0.717) is 12.5 Å². The molecule has 0 spiro atoms. The van der Waals surface area contributed by atoms with Crippen LogP contribution in [0.15, 0.2) is 12.5 Å². The molecule has 0 radical (unpaired) electrons. The quantitative estimate of drug-likeness (QED) is 0.241. The van der Waals surface area contributed by atoms with Gasteiger partial charge in [-0.25, -0.2) is 10.1 Å². The highest BCUT2D eigenvalue weighted by Crippen LogP contribution is 1.75. The fourth-order valence-electron chi connectivity index (χ4n) is 0.0907. The van der Waals surface area contributed by atoms with E-state index in [1.807, 2.05) is 0 Å². The zero-order chi connectivity index (χ0) is 6.24. The third-order valence-electron chi connectivity index (χ3n) is 0.245. The van der Waals surface area contributed by atoms with Crippen molar-refractivity contribution in [2.75, 3.05) is 0 Å². The molecule has 0 aromatic heterocycles. The predicted molar refractivity (Wildman–Crippen MR) is 13.5 cm³/mol. The second-order valence-corrected chi connectivity index (χ2v) is 0.601. The van der Waals surface area contributed by atoms with Gasteiger partial charge in [-0.3, -0.25) is 0 Å². The van der Waals surface area contributed by atoms with Crippen LogP contribution in [-0.4, -0.2) is 0 Å². The van der Waals surface area contributed by atoms with Crippen LogP contribution in [0.5, 0.6) is 0 Å². The Bertz CT molecular complexity index is 51.5. The van der Waals surface area contributed by atoms with E-state index >= 15 is 0 Å². The standard InChI is InChI=1S/C2H4O6/c3-7-5-1-2-6-8-4/h1-4H/p-2/b2-1+. The minimum Gasteiger partial charge on any atom is -0.682 e. The van der Waals surface area contributed by atoms with E-state index in [9.17, 15) is 0 Å². The molecule has 0 N–H and O–H groups in total. The summed E-state index contributed by atoms with van der Waals surface area (Å²) in [6.45, 7) is 0. The Kier molecular flexibility index (Phi) is 5.55. The van der Waals surface area contributed by atoms with Crippen molar-refractivity contribution in [2.24, 2.45) is 0 Å². The van der Waals surface area contributed by atoms with Crippen molar-refractivity contribution in [1.29, 1.82) is 0 Å². The maximum Gasteiger partial charge on any atom is 0.167 e. The third-order valence-corrected chi connectivity index (χ3v) is 0.245. The van der Waals surface area contributed by atoms with Crippen LogP contribution in [0.2, 0.25) is 0 Å². The van der Waals surface area contributed by atoms with Crippen LogP contribution in [0, 0.1) is 0 Å². The average molecular weight is 122 g/mol. The molecule has 0 fully saturated rings. The molecular formula is C2H2O6-2. The lowest BCUT2D eigenvalue weighted by Crippen LogP contribution is -2.03. The predicted octanol–water partition coefficient (Wildman–Crippen LogP) is -2.10. The molecule has 0 aromatic carbocycles. The van der Waals surface area contributed by atoms with Gasteiger partial charge in [-0.1, -0.05) is 0 Å². The second kappa shape index (κ2) is 6.18. The maximum atomic E-state index is 8.95. The van der Waals surface area contributed by atoms with Crippen molar-refractivity contribution in [3.8, 4) is 0 Å². The van der Waals surface area contributed by atoms with Crippen LogP contribution >= 0.6 is 0 Å².